The average molecular weight is 415 g/mol. The fourth-order valence-electron chi connectivity index (χ4n) is 3.99. The van der Waals surface area contributed by atoms with Crippen molar-refractivity contribution in [2.75, 3.05) is 13.8 Å². The van der Waals surface area contributed by atoms with Crippen LogP contribution in [0.15, 0.2) is 66.7 Å². The third kappa shape index (κ3) is 3.72. The molecule has 0 fully saturated rings. The zero-order valence-electron chi connectivity index (χ0n) is 17.0. The van der Waals surface area contributed by atoms with Crippen molar-refractivity contribution >= 4 is 11.9 Å². The van der Waals surface area contributed by atoms with E-state index >= 15 is 0 Å². The minimum absolute atomic E-state index is 0.115. The molecular formula is C25H21NO5. The van der Waals surface area contributed by atoms with Gasteiger partial charge < -0.3 is 19.1 Å². The van der Waals surface area contributed by atoms with Crippen molar-refractivity contribution in [3.63, 3.8) is 0 Å². The van der Waals surface area contributed by atoms with Crippen LogP contribution in [0.25, 0.3) is 0 Å². The number of amides is 1. The first-order valence-electron chi connectivity index (χ1n) is 10.1. The minimum Gasteiger partial charge on any atom is -0.454 e. The summed E-state index contributed by atoms with van der Waals surface area (Å²) in [5.41, 5.74) is 3.78. The molecule has 1 atom stereocenters. The smallest absolute Gasteiger partial charge is 0.339 e. The average Bonchev–Trinajstić information content (AvgIpc) is 3.26. The molecule has 0 radical (unpaired) electrons. The molecule has 0 saturated carbocycles. The van der Waals surface area contributed by atoms with Crippen LogP contribution < -0.4 is 9.47 Å². The van der Waals surface area contributed by atoms with E-state index in [9.17, 15) is 9.59 Å². The molecule has 2 heterocycles. The number of rotatable bonds is 4. The van der Waals surface area contributed by atoms with E-state index in [4.69, 9.17) is 14.2 Å². The van der Waals surface area contributed by atoms with E-state index in [1.807, 2.05) is 54.6 Å². The topological polar surface area (TPSA) is 65.1 Å². The summed E-state index contributed by atoms with van der Waals surface area (Å²) in [4.78, 5) is 27.2. The number of hydrogen-bond donors (Lipinski definition) is 0. The maximum atomic E-state index is 13.1. The lowest BCUT2D eigenvalue weighted by Crippen LogP contribution is -2.27. The Hall–Kier alpha value is -3.80. The maximum absolute atomic E-state index is 13.1. The number of esters is 1. The molecule has 5 rings (SSSR count). The fourth-order valence-corrected chi connectivity index (χ4v) is 3.99. The Labute approximate surface area is 180 Å². The molecule has 2 aliphatic rings. The number of benzene rings is 3. The van der Waals surface area contributed by atoms with E-state index in [2.05, 4.69) is 0 Å². The Morgan fingerprint density at radius 1 is 1.00 bits per heavy atom. The number of carbonyl (C=O) groups is 2. The first kappa shape index (κ1) is 19.2. The molecular weight excluding hydrogens is 394 g/mol. The summed E-state index contributed by atoms with van der Waals surface area (Å²) in [6.07, 6.45) is 0.191. The van der Waals surface area contributed by atoms with E-state index in [1.165, 1.54) is 0 Å². The van der Waals surface area contributed by atoms with Gasteiger partial charge in [-0.3, -0.25) is 4.79 Å². The highest BCUT2D eigenvalue weighted by Crippen LogP contribution is 2.33. The highest BCUT2D eigenvalue weighted by molar-refractivity contribution is 5.97. The van der Waals surface area contributed by atoms with Crippen LogP contribution in [0, 0.1) is 0 Å². The zero-order chi connectivity index (χ0) is 21.4. The largest absolute Gasteiger partial charge is 0.454 e. The van der Waals surface area contributed by atoms with Crippen LogP contribution in [0.3, 0.4) is 0 Å². The zero-order valence-corrected chi connectivity index (χ0v) is 17.0. The van der Waals surface area contributed by atoms with Crippen LogP contribution in [0.5, 0.6) is 11.5 Å². The second-order valence-electron chi connectivity index (χ2n) is 7.73. The molecule has 31 heavy (non-hydrogen) atoms. The van der Waals surface area contributed by atoms with E-state index in [1.54, 1.807) is 24.1 Å². The van der Waals surface area contributed by atoms with Crippen LogP contribution >= 0.6 is 0 Å². The monoisotopic (exact) mass is 415 g/mol. The number of nitrogens with zero attached hydrogens (tertiary/aromatic N) is 1. The molecule has 0 saturated heterocycles. The lowest BCUT2D eigenvalue weighted by molar-refractivity contribution is 0.0252. The molecule has 6 nitrogen and oxygen atoms in total. The molecule has 0 aliphatic carbocycles. The van der Waals surface area contributed by atoms with Crippen molar-refractivity contribution in [3.05, 3.63) is 94.5 Å². The molecule has 3 aromatic carbocycles. The summed E-state index contributed by atoms with van der Waals surface area (Å²) >= 11 is 0. The first-order valence-corrected chi connectivity index (χ1v) is 10.1. The lowest BCUT2D eigenvalue weighted by atomic mass is 9.93. The molecule has 2 aliphatic heterocycles. The normalized spacial score (nSPS) is 16.4. The molecule has 6 heteroatoms. The van der Waals surface area contributed by atoms with E-state index in [0.717, 1.165) is 16.7 Å². The van der Waals surface area contributed by atoms with Crippen LogP contribution in [0.2, 0.25) is 0 Å². The summed E-state index contributed by atoms with van der Waals surface area (Å²) in [7, 11) is 1.76. The predicted molar refractivity (Wildman–Crippen MR) is 113 cm³/mol. The molecule has 0 bridgehead atoms. The van der Waals surface area contributed by atoms with Crippen LogP contribution in [-0.4, -0.2) is 30.6 Å². The number of fused-ring (bicyclic) bond motifs is 2. The first-order chi connectivity index (χ1) is 15.1. The summed E-state index contributed by atoms with van der Waals surface area (Å²) in [5.74, 6) is 0.934. The fraction of sp³-hybridized carbons (Fsp3) is 0.200. The van der Waals surface area contributed by atoms with Crippen molar-refractivity contribution in [2.24, 2.45) is 0 Å². The Kier molecular flexibility index (Phi) is 4.82. The van der Waals surface area contributed by atoms with E-state index in [0.29, 0.717) is 35.6 Å². The van der Waals surface area contributed by atoms with Crippen molar-refractivity contribution in [3.8, 4) is 11.5 Å². The van der Waals surface area contributed by atoms with E-state index in [-0.39, 0.29) is 24.8 Å². The summed E-state index contributed by atoms with van der Waals surface area (Å²) in [6, 6.07) is 20.5. The Bertz CT molecular complexity index is 1160. The Morgan fingerprint density at radius 2 is 1.81 bits per heavy atom. The SMILES string of the molecule is CN(Cc1ccc2c(c1)OCO2)C(=O)c1ccc2c(c1)C[C@H](c1ccccc1)OC2=O. The maximum Gasteiger partial charge on any atom is 0.339 e. The second-order valence-corrected chi connectivity index (χ2v) is 7.73. The third-order valence-corrected chi connectivity index (χ3v) is 5.60. The molecule has 156 valence electrons. The second kappa shape index (κ2) is 7.80. The van der Waals surface area contributed by atoms with Gasteiger partial charge in [-0.2, -0.15) is 0 Å². The molecule has 3 aromatic rings. The van der Waals surface area contributed by atoms with Gasteiger partial charge >= 0.3 is 5.97 Å². The number of ether oxygens (including phenoxy) is 3. The highest BCUT2D eigenvalue weighted by Gasteiger charge is 2.28. The van der Waals surface area contributed by atoms with Crippen LogP contribution in [-0.2, 0) is 17.7 Å². The van der Waals surface area contributed by atoms with Gasteiger partial charge in [0.25, 0.3) is 5.91 Å². The van der Waals surface area contributed by atoms with Gasteiger partial charge in [0.1, 0.15) is 6.10 Å². The van der Waals surface area contributed by atoms with Gasteiger partial charge in [0.2, 0.25) is 6.79 Å². The Morgan fingerprint density at radius 3 is 2.65 bits per heavy atom. The third-order valence-electron chi connectivity index (χ3n) is 5.60. The molecule has 0 aromatic heterocycles. The number of cyclic esters (lactones) is 1. The number of hydrogen-bond acceptors (Lipinski definition) is 5. The lowest BCUT2D eigenvalue weighted by Gasteiger charge is -2.26. The van der Waals surface area contributed by atoms with Crippen molar-refractivity contribution in [2.45, 2.75) is 19.1 Å². The standard InChI is InChI=1S/C25H21NO5/c1-26(14-16-7-10-21-23(11-16)30-15-29-21)24(27)18-8-9-20-19(12-18)13-22(31-25(20)28)17-5-3-2-4-6-17/h2-12,22H,13-15H2,1H3/t22-/m1/s1. The van der Waals surface area contributed by atoms with Crippen LogP contribution in [0.4, 0.5) is 0 Å². The highest BCUT2D eigenvalue weighted by atomic mass is 16.7. The van der Waals surface area contributed by atoms with Gasteiger partial charge in [-0.05, 0) is 47.0 Å². The molecule has 0 N–H and O–H groups in total. The van der Waals surface area contributed by atoms with Crippen molar-refractivity contribution in [1.29, 1.82) is 0 Å². The quantitative estimate of drug-likeness (QED) is 0.599. The minimum atomic E-state index is -0.359. The summed E-state index contributed by atoms with van der Waals surface area (Å²) < 4.78 is 16.4. The van der Waals surface area contributed by atoms with Gasteiger partial charge in [-0.25, -0.2) is 4.79 Å². The van der Waals surface area contributed by atoms with Crippen molar-refractivity contribution < 1.29 is 23.8 Å². The molecule has 0 spiro atoms. The van der Waals surface area contributed by atoms with E-state index < -0.39 is 0 Å². The van der Waals surface area contributed by atoms with Gasteiger partial charge in [0, 0.05) is 25.6 Å². The number of carbonyl (C=O) groups excluding carboxylic acids is 2. The summed E-state index contributed by atoms with van der Waals surface area (Å²) in [5, 5.41) is 0. The van der Waals surface area contributed by atoms with Crippen molar-refractivity contribution in [1.82, 2.24) is 4.90 Å². The molecule has 0 unspecified atom stereocenters. The van der Waals surface area contributed by atoms with Gasteiger partial charge in [-0.1, -0.05) is 36.4 Å². The Balaban J connectivity index is 1.35. The molecule has 1 amide bonds. The van der Waals surface area contributed by atoms with Crippen LogP contribution in [0.1, 0.15) is 43.5 Å². The summed E-state index contributed by atoms with van der Waals surface area (Å²) in [6.45, 7) is 0.649. The predicted octanol–water partition coefficient (Wildman–Crippen LogP) is 4.14. The van der Waals surface area contributed by atoms with Gasteiger partial charge in [-0.15, -0.1) is 0 Å². The van der Waals surface area contributed by atoms with Gasteiger partial charge in [0.05, 0.1) is 5.56 Å². The van der Waals surface area contributed by atoms with Gasteiger partial charge in [0.15, 0.2) is 11.5 Å².